The van der Waals surface area contributed by atoms with Crippen LogP contribution in [0, 0.1) is 0 Å². The van der Waals surface area contributed by atoms with Crippen molar-refractivity contribution in [3.05, 3.63) is 96.1 Å². The summed E-state index contributed by atoms with van der Waals surface area (Å²) in [7, 11) is 0. The summed E-state index contributed by atoms with van der Waals surface area (Å²) >= 11 is 6.46. The normalized spacial score (nSPS) is 11.7. The molecule has 0 aliphatic carbocycles. The monoisotopic (exact) mass is 364 g/mol. The van der Waals surface area contributed by atoms with Crippen LogP contribution in [0.2, 0.25) is 0 Å². The fraction of sp³-hybridized carbons (Fsp3) is 0.174. The van der Waals surface area contributed by atoms with Gasteiger partial charge in [0.1, 0.15) is 6.61 Å². The Balaban J connectivity index is 1.48. The van der Waals surface area contributed by atoms with Gasteiger partial charge in [-0.05, 0) is 28.7 Å². The van der Waals surface area contributed by atoms with E-state index < -0.39 is 0 Å². The Morgan fingerprint density at radius 3 is 2.04 bits per heavy atom. The Morgan fingerprint density at radius 1 is 0.808 bits per heavy atom. The van der Waals surface area contributed by atoms with E-state index in [-0.39, 0.29) is 11.3 Å². The van der Waals surface area contributed by atoms with Crippen molar-refractivity contribution in [2.75, 3.05) is 0 Å². The van der Waals surface area contributed by atoms with Crippen molar-refractivity contribution >= 4 is 17.6 Å². The zero-order valence-electron chi connectivity index (χ0n) is 14.5. The van der Waals surface area contributed by atoms with Gasteiger partial charge in [-0.25, -0.2) is 0 Å². The number of rotatable bonds is 7. The number of halogens is 1. The molecule has 3 rings (SSSR count). The van der Waals surface area contributed by atoms with E-state index in [9.17, 15) is 4.79 Å². The van der Waals surface area contributed by atoms with Crippen LogP contribution in [0.3, 0.4) is 0 Å². The molecule has 2 nitrogen and oxygen atoms in total. The number of alkyl halides is 1. The number of esters is 1. The van der Waals surface area contributed by atoms with Crippen LogP contribution >= 0.6 is 11.6 Å². The molecule has 0 N–H and O–H groups in total. The first-order valence-corrected chi connectivity index (χ1v) is 9.15. The van der Waals surface area contributed by atoms with Crippen LogP contribution in [0.4, 0.5) is 0 Å². The highest BCUT2D eigenvalue weighted by molar-refractivity contribution is 6.20. The summed E-state index contributed by atoms with van der Waals surface area (Å²) in [5.41, 5.74) is 4.33. The van der Waals surface area contributed by atoms with Crippen LogP contribution in [-0.4, -0.2) is 5.97 Å². The second kappa shape index (κ2) is 9.21. The number of ether oxygens (including phenoxy) is 1. The van der Waals surface area contributed by atoms with Gasteiger partial charge in [-0.3, -0.25) is 4.79 Å². The number of carbonyl (C=O) groups excluding carboxylic acids is 1. The van der Waals surface area contributed by atoms with E-state index in [1.54, 1.807) is 0 Å². The summed E-state index contributed by atoms with van der Waals surface area (Å²) in [6.45, 7) is 0.304. The highest BCUT2D eigenvalue weighted by Crippen LogP contribution is 2.28. The summed E-state index contributed by atoms with van der Waals surface area (Å²) < 4.78 is 5.29. The minimum absolute atomic E-state index is 0.205. The molecule has 0 amide bonds. The average molecular weight is 365 g/mol. The van der Waals surface area contributed by atoms with E-state index >= 15 is 0 Å². The van der Waals surface area contributed by atoms with Gasteiger partial charge in [0.05, 0.1) is 5.38 Å². The number of hydrogen-bond acceptors (Lipinski definition) is 2. The van der Waals surface area contributed by atoms with Crippen LogP contribution in [-0.2, 0) is 16.1 Å². The zero-order valence-corrected chi connectivity index (χ0v) is 15.2. The lowest BCUT2D eigenvalue weighted by Crippen LogP contribution is -2.05. The zero-order chi connectivity index (χ0) is 18.2. The Hall–Kier alpha value is -2.58. The Morgan fingerprint density at radius 2 is 1.38 bits per heavy atom. The van der Waals surface area contributed by atoms with Crippen molar-refractivity contribution in [2.24, 2.45) is 0 Å². The largest absolute Gasteiger partial charge is 0.461 e. The van der Waals surface area contributed by atoms with Crippen molar-refractivity contribution in [1.82, 2.24) is 0 Å². The van der Waals surface area contributed by atoms with Gasteiger partial charge in [-0.1, -0.05) is 84.9 Å². The van der Waals surface area contributed by atoms with Gasteiger partial charge in [-0.15, -0.1) is 11.6 Å². The number of hydrogen-bond donors (Lipinski definition) is 0. The highest BCUT2D eigenvalue weighted by atomic mass is 35.5. The van der Waals surface area contributed by atoms with Crippen LogP contribution in [0.15, 0.2) is 84.9 Å². The second-order valence-corrected chi connectivity index (χ2v) is 6.67. The van der Waals surface area contributed by atoms with Gasteiger partial charge >= 0.3 is 5.97 Å². The van der Waals surface area contributed by atoms with Crippen molar-refractivity contribution in [3.63, 3.8) is 0 Å². The fourth-order valence-corrected chi connectivity index (χ4v) is 2.99. The molecule has 0 aliphatic heterocycles. The standard InChI is InChI=1S/C23H21ClO2/c24-22(15-16-23(25)26-17-18-7-3-1-4-8-18)21-13-11-20(12-14-21)19-9-5-2-6-10-19/h1-14,22H,15-17H2. The van der Waals surface area contributed by atoms with Crippen molar-refractivity contribution in [1.29, 1.82) is 0 Å². The number of carbonyl (C=O) groups is 1. The van der Waals surface area contributed by atoms with E-state index in [1.165, 1.54) is 5.56 Å². The molecule has 0 fully saturated rings. The third kappa shape index (κ3) is 5.21. The maximum Gasteiger partial charge on any atom is 0.306 e. The summed E-state index contributed by atoms with van der Waals surface area (Å²) in [5.74, 6) is -0.222. The molecular weight excluding hydrogens is 344 g/mol. The minimum Gasteiger partial charge on any atom is -0.461 e. The van der Waals surface area contributed by atoms with Crippen molar-refractivity contribution in [2.45, 2.75) is 24.8 Å². The molecule has 0 saturated carbocycles. The van der Waals surface area contributed by atoms with Crippen LogP contribution in [0.25, 0.3) is 11.1 Å². The summed E-state index contributed by atoms with van der Waals surface area (Å²) in [6, 6.07) is 28.0. The molecular formula is C23H21ClO2. The molecule has 0 bridgehead atoms. The molecule has 0 aromatic heterocycles. The maximum atomic E-state index is 11.9. The smallest absolute Gasteiger partial charge is 0.306 e. The van der Waals surface area contributed by atoms with Crippen molar-refractivity contribution < 1.29 is 9.53 Å². The molecule has 1 unspecified atom stereocenters. The predicted octanol–water partition coefficient (Wildman–Crippen LogP) is 6.16. The van der Waals surface area contributed by atoms with E-state index in [2.05, 4.69) is 24.3 Å². The lowest BCUT2D eigenvalue weighted by molar-refractivity contribution is -0.145. The molecule has 0 spiro atoms. The molecule has 0 radical (unpaired) electrons. The molecule has 0 heterocycles. The average Bonchev–Trinajstić information content (AvgIpc) is 2.72. The molecule has 0 saturated heterocycles. The Labute approximate surface area is 159 Å². The lowest BCUT2D eigenvalue weighted by Gasteiger charge is -2.11. The van der Waals surface area contributed by atoms with E-state index in [0.717, 1.165) is 16.7 Å². The molecule has 3 aromatic rings. The quantitative estimate of drug-likeness (QED) is 0.371. The van der Waals surface area contributed by atoms with Gasteiger partial charge in [0.15, 0.2) is 0 Å². The summed E-state index contributed by atoms with van der Waals surface area (Å²) in [4.78, 5) is 11.9. The van der Waals surface area contributed by atoms with Gasteiger partial charge in [0.25, 0.3) is 0 Å². The maximum absolute atomic E-state index is 11.9. The molecule has 132 valence electrons. The predicted molar refractivity (Wildman–Crippen MR) is 106 cm³/mol. The SMILES string of the molecule is O=C(CCC(Cl)c1ccc(-c2ccccc2)cc1)OCc1ccccc1. The minimum atomic E-state index is -0.222. The van der Waals surface area contributed by atoms with Gasteiger partial charge in [-0.2, -0.15) is 0 Å². The third-order valence-corrected chi connectivity index (χ3v) is 4.69. The summed E-state index contributed by atoms with van der Waals surface area (Å²) in [6.07, 6.45) is 0.862. The second-order valence-electron chi connectivity index (χ2n) is 6.14. The third-order valence-electron chi connectivity index (χ3n) is 4.22. The summed E-state index contributed by atoms with van der Waals surface area (Å²) in [5, 5.41) is -0.205. The Kier molecular flexibility index (Phi) is 6.45. The number of benzene rings is 3. The van der Waals surface area contributed by atoms with E-state index in [4.69, 9.17) is 16.3 Å². The fourth-order valence-electron chi connectivity index (χ4n) is 2.74. The van der Waals surface area contributed by atoms with E-state index in [1.807, 2.05) is 60.7 Å². The van der Waals surface area contributed by atoms with Crippen LogP contribution in [0.1, 0.15) is 29.3 Å². The molecule has 3 heteroatoms. The molecule has 26 heavy (non-hydrogen) atoms. The van der Waals surface area contributed by atoms with Gasteiger partial charge < -0.3 is 4.74 Å². The first kappa shape index (κ1) is 18.2. The first-order valence-electron chi connectivity index (χ1n) is 8.71. The topological polar surface area (TPSA) is 26.3 Å². The highest BCUT2D eigenvalue weighted by Gasteiger charge is 2.12. The van der Waals surface area contributed by atoms with Crippen molar-refractivity contribution in [3.8, 4) is 11.1 Å². The first-order chi connectivity index (χ1) is 12.7. The van der Waals surface area contributed by atoms with E-state index in [0.29, 0.717) is 19.4 Å². The molecule has 3 aromatic carbocycles. The lowest BCUT2D eigenvalue weighted by atomic mass is 10.0. The molecule has 0 aliphatic rings. The molecule has 1 atom stereocenters. The van der Waals surface area contributed by atoms with Gasteiger partial charge in [0.2, 0.25) is 0 Å². The van der Waals surface area contributed by atoms with Gasteiger partial charge in [0, 0.05) is 6.42 Å². The van der Waals surface area contributed by atoms with Crippen LogP contribution < -0.4 is 0 Å². The van der Waals surface area contributed by atoms with Crippen LogP contribution in [0.5, 0.6) is 0 Å². The Bertz CT molecular complexity index is 814.